The molecule has 16 heavy (non-hydrogen) atoms. The molecule has 1 fully saturated rings. The second-order valence-electron chi connectivity index (χ2n) is 4.72. The van der Waals surface area contributed by atoms with Gasteiger partial charge in [-0.15, -0.1) is 0 Å². The number of nitrogens with zero attached hydrogens (tertiary/aromatic N) is 2. The van der Waals surface area contributed by atoms with E-state index in [0.29, 0.717) is 12.5 Å². The van der Waals surface area contributed by atoms with Gasteiger partial charge in [0.15, 0.2) is 0 Å². The molecule has 0 radical (unpaired) electrons. The van der Waals surface area contributed by atoms with Crippen molar-refractivity contribution in [2.75, 3.05) is 40.8 Å². The van der Waals surface area contributed by atoms with Crippen LogP contribution in [0.5, 0.6) is 0 Å². The summed E-state index contributed by atoms with van der Waals surface area (Å²) in [6.07, 6.45) is 4.04. The third-order valence-corrected chi connectivity index (χ3v) is 3.34. The quantitative estimate of drug-likeness (QED) is 0.634. The van der Waals surface area contributed by atoms with Crippen molar-refractivity contribution < 1.29 is 9.53 Å². The first-order chi connectivity index (χ1) is 7.63. The van der Waals surface area contributed by atoms with Gasteiger partial charge in [-0.25, -0.2) is 0 Å². The summed E-state index contributed by atoms with van der Waals surface area (Å²) in [5, 5.41) is 0. The molecule has 1 aliphatic heterocycles. The first kappa shape index (κ1) is 13.5. The standard InChI is InChI=1S/C12H24N2O2/c1-13(8-5-7-12(15)16-3)10-11-6-4-9-14(11)2/h11H,4-10H2,1-3H3. The zero-order chi connectivity index (χ0) is 12.0. The van der Waals surface area contributed by atoms with Crippen molar-refractivity contribution in [3.05, 3.63) is 0 Å². The monoisotopic (exact) mass is 228 g/mol. The van der Waals surface area contributed by atoms with Crippen LogP contribution in [-0.4, -0.2) is 62.7 Å². The Balaban J connectivity index is 2.10. The van der Waals surface area contributed by atoms with E-state index in [2.05, 4.69) is 28.6 Å². The molecule has 0 aromatic rings. The van der Waals surface area contributed by atoms with Crippen LogP contribution in [0.1, 0.15) is 25.7 Å². The normalized spacial score (nSPS) is 21.6. The van der Waals surface area contributed by atoms with Gasteiger partial charge in [-0.1, -0.05) is 0 Å². The van der Waals surface area contributed by atoms with Crippen molar-refractivity contribution in [1.82, 2.24) is 9.80 Å². The van der Waals surface area contributed by atoms with E-state index in [1.807, 2.05) is 0 Å². The van der Waals surface area contributed by atoms with Crippen LogP contribution in [0, 0.1) is 0 Å². The lowest BCUT2D eigenvalue weighted by molar-refractivity contribution is -0.140. The largest absolute Gasteiger partial charge is 0.469 e. The number of carbonyl (C=O) groups is 1. The number of hydrogen-bond donors (Lipinski definition) is 0. The van der Waals surface area contributed by atoms with Gasteiger partial charge in [-0.3, -0.25) is 4.79 Å². The molecule has 1 unspecified atom stereocenters. The summed E-state index contributed by atoms with van der Waals surface area (Å²) in [6.45, 7) is 3.30. The maximum absolute atomic E-state index is 10.9. The lowest BCUT2D eigenvalue weighted by atomic mass is 10.2. The van der Waals surface area contributed by atoms with Gasteiger partial charge in [-0.2, -0.15) is 0 Å². The van der Waals surface area contributed by atoms with Crippen LogP contribution in [-0.2, 0) is 9.53 Å². The number of hydrogen-bond acceptors (Lipinski definition) is 4. The molecule has 0 aromatic carbocycles. The van der Waals surface area contributed by atoms with Crippen molar-refractivity contribution in [3.63, 3.8) is 0 Å². The van der Waals surface area contributed by atoms with Crippen LogP contribution in [0.2, 0.25) is 0 Å². The molecule has 0 spiro atoms. The summed E-state index contributed by atoms with van der Waals surface area (Å²) < 4.78 is 4.62. The highest BCUT2D eigenvalue weighted by molar-refractivity contribution is 5.69. The predicted octanol–water partition coefficient (Wildman–Crippen LogP) is 0.966. The molecule has 1 atom stereocenters. The molecular weight excluding hydrogens is 204 g/mol. The van der Waals surface area contributed by atoms with Crippen LogP contribution < -0.4 is 0 Å². The Kier molecular flexibility index (Phi) is 5.77. The van der Waals surface area contributed by atoms with Gasteiger partial charge in [0.2, 0.25) is 0 Å². The topological polar surface area (TPSA) is 32.8 Å². The van der Waals surface area contributed by atoms with Gasteiger partial charge in [0.25, 0.3) is 0 Å². The Bertz CT molecular complexity index is 221. The number of carbonyl (C=O) groups excluding carboxylic acids is 1. The van der Waals surface area contributed by atoms with Gasteiger partial charge in [0.1, 0.15) is 0 Å². The SMILES string of the molecule is COC(=O)CCCN(C)CC1CCCN1C. The van der Waals surface area contributed by atoms with Gasteiger partial charge in [-0.05, 0) is 46.4 Å². The molecule has 4 heteroatoms. The zero-order valence-electron chi connectivity index (χ0n) is 10.7. The fourth-order valence-electron chi connectivity index (χ4n) is 2.26. The molecule has 94 valence electrons. The van der Waals surface area contributed by atoms with Crippen LogP contribution >= 0.6 is 0 Å². The molecule has 0 amide bonds. The zero-order valence-corrected chi connectivity index (χ0v) is 10.7. The summed E-state index contributed by atoms with van der Waals surface area (Å²) in [6, 6.07) is 0.697. The van der Waals surface area contributed by atoms with E-state index in [9.17, 15) is 4.79 Å². The van der Waals surface area contributed by atoms with Crippen LogP contribution in [0.4, 0.5) is 0 Å². The summed E-state index contributed by atoms with van der Waals surface area (Å²) in [4.78, 5) is 15.7. The van der Waals surface area contributed by atoms with E-state index in [-0.39, 0.29) is 5.97 Å². The molecule has 0 N–H and O–H groups in total. The Morgan fingerprint density at radius 1 is 1.56 bits per heavy atom. The van der Waals surface area contributed by atoms with Gasteiger partial charge in [0, 0.05) is 19.0 Å². The number of likely N-dealkylation sites (tertiary alicyclic amines) is 1. The summed E-state index contributed by atoms with van der Waals surface area (Å²) in [5.41, 5.74) is 0. The van der Waals surface area contributed by atoms with E-state index in [1.165, 1.54) is 26.5 Å². The third-order valence-electron chi connectivity index (χ3n) is 3.34. The lowest BCUT2D eigenvalue weighted by Crippen LogP contribution is -2.37. The second-order valence-corrected chi connectivity index (χ2v) is 4.72. The molecule has 0 bridgehead atoms. The van der Waals surface area contributed by atoms with Crippen molar-refractivity contribution in [2.45, 2.75) is 31.7 Å². The maximum atomic E-state index is 10.9. The van der Waals surface area contributed by atoms with Gasteiger partial charge >= 0.3 is 5.97 Å². The minimum Gasteiger partial charge on any atom is -0.469 e. The third kappa shape index (κ3) is 4.49. The first-order valence-electron chi connectivity index (χ1n) is 6.09. The van der Waals surface area contributed by atoms with Crippen molar-refractivity contribution >= 4 is 5.97 Å². The average molecular weight is 228 g/mol. The highest BCUT2D eigenvalue weighted by atomic mass is 16.5. The fraction of sp³-hybridized carbons (Fsp3) is 0.917. The molecule has 0 saturated carbocycles. The van der Waals surface area contributed by atoms with Crippen LogP contribution in [0.3, 0.4) is 0 Å². The number of likely N-dealkylation sites (N-methyl/N-ethyl adjacent to an activating group) is 2. The molecule has 1 heterocycles. The number of esters is 1. The van der Waals surface area contributed by atoms with E-state index in [0.717, 1.165) is 19.5 Å². The number of rotatable bonds is 6. The minimum atomic E-state index is -0.105. The van der Waals surface area contributed by atoms with Crippen molar-refractivity contribution in [1.29, 1.82) is 0 Å². The predicted molar refractivity (Wildman–Crippen MR) is 64.4 cm³/mol. The molecule has 1 saturated heterocycles. The Morgan fingerprint density at radius 3 is 2.88 bits per heavy atom. The Labute approximate surface area is 98.5 Å². The van der Waals surface area contributed by atoms with Crippen molar-refractivity contribution in [2.24, 2.45) is 0 Å². The average Bonchev–Trinajstić information content (AvgIpc) is 2.64. The minimum absolute atomic E-state index is 0.105. The Hall–Kier alpha value is -0.610. The van der Waals surface area contributed by atoms with E-state index in [1.54, 1.807) is 0 Å². The molecule has 0 aliphatic carbocycles. The highest BCUT2D eigenvalue weighted by Crippen LogP contribution is 2.15. The van der Waals surface area contributed by atoms with Gasteiger partial charge < -0.3 is 14.5 Å². The first-order valence-corrected chi connectivity index (χ1v) is 6.09. The van der Waals surface area contributed by atoms with Crippen LogP contribution in [0.25, 0.3) is 0 Å². The summed E-state index contributed by atoms with van der Waals surface area (Å²) in [5.74, 6) is -0.105. The fourth-order valence-corrected chi connectivity index (χ4v) is 2.26. The molecular formula is C12H24N2O2. The number of methoxy groups -OCH3 is 1. The van der Waals surface area contributed by atoms with E-state index >= 15 is 0 Å². The smallest absolute Gasteiger partial charge is 0.305 e. The Morgan fingerprint density at radius 2 is 2.31 bits per heavy atom. The van der Waals surface area contributed by atoms with Crippen LogP contribution in [0.15, 0.2) is 0 Å². The van der Waals surface area contributed by atoms with Gasteiger partial charge in [0.05, 0.1) is 7.11 Å². The van der Waals surface area contributed by atoms with E-state index < -0.39 is 0 Å². The molecule has 4 nitrogen and oxygen atoms in total. The summed E-state index contributed by atoms with van der Waals surface area (Å²) in [7, 11) is 5.77. The molecule has 0 aromatic heterocycles. The van der Waals surface area contributed by atoms with Crippen molar-refractivity contribution in [3.8, 4) is 0 Å². The highest BCUT2D eigenvalue weighted by Gasteiger charge is 2.21. The molecule has 1 aliphatic rings. The van der Waals surface area contributed by atoms with E-state index in [4.69, 9.17) is 0 Å². The number of ether oxygens (including phenoxy) is 1. The second kappa shape index (κ2) is 6.86. The molecule has 1 rings (SSSR count). The summed E-state index contributed by atoms with van der Waals surface area (Å²) >= 11 is 0. The lowest BCUT2D eigenvalue weighted by Gasteiger charge is -2.25. The maximum Gasteiger partial charge on any atom is 0.305 e.